The minimum absolute atomic E-state index is 0.0824. The zero-order valence-electron chi connectivity index (χ0n) is 14.6. The van der Waals surface area contributed by atoms with Crippen molar-refractivity contribution in [1.29, 1.82) is 0 Å². The number of methoxy groups -OCH3 is 2. The molecular formula is C18H17F2N3O3S. The number of carbonyl (C=O) groups excluding carboxylic acids is 1. The summed E-state index contributed by atoms with van der Waals surface area (Å²) < 4.78 is 38.0. The molecule has 1 N–H and O–H groups in total. The van der Waals surface area contributed by atoms with Crippen LogP contribution < -0.4 is 14.8 Å². The van der Waals surface area contributed by atoms with Gasteiger partial charge in [-0.1, -0.05) is 23.9 Å². The maximum Gasteiger partial charge on any atom is 0.321 e. The van der Waals surface area contributed by atoms with Gasteiger partial charge in [0.1, 0.15) is 11.5 Å². The van der Waals surface area contributed by atoms with Gasteiger partial charge in [0.05, 0.1) is 36.7 Å². The Kier molecular flexibility index (Phi) is 5.80. The second-order valence-corrected chi connectivity index (χ2v) is 6.38. The summed E-state index contributed by atoms with van der Waals surface area (Å²) in [4.78, 5) is 16.5. The van der Waals surface area contributed by atoms with Crippen molar-refractivity contribution >= 4 is 34.4 Å². The molecule has 0 spiro atoms. The molecule has 0 bridgehead atoms. The van der Waals surface area contributed by atoms with E-state index in [1.165, 1.54) is 14.2 Å². The predicted molar refractivity (Wildman–Crippen MR) is 99.9 cm³/mol. The Labute approximate surface area is 158 Å². The van der Waals surface area contributed by atoms with Crippen LogP contribution in [0.15, 0.2) is 47.6 Å². The fourth-order valence-electron chi connectivity index (χ4n) is 2.54. The predicted octanol–water partition coefficient (Wildman–Crippen LogP) is 4.18. The summed E-state index contributed by atoms with van der Waals surface area (Å²) in [6, 6.07) is 11.6. The van der Waals surface area contributed by atoms with Crippen molar-refractivity contribution in [3.63, 3.8) is 0 Å². The molecule has 27 heavy (non-hydrogen) atoms. The Balaban J connectivity index is 1.75. The summed E-state index contributed by atoms with van der Waals surface area (Å²) in [6.07, 6.45) is 0. The molecule has 0 saturated heterocycles. The number of amides is 1. The summed E-state index contributed by atoms with van der Waals surface area (Å²) in [5.41, 5.74) is 1.21. The smallest absolute Gasteiger partial charge is 0.321 e. The van der Waals surface area contributed by atoms with Crippen molar-refractivity contribution in [2.45, 2.75) is 11.7 Å². The highest BCUT2D eigenvalue weighted by Gasteiger charge is 2.19. The number of thioether (sulfide) groups is 1. The van der Waals surface area contributed by atoms with Crippen LogP contribution in [0, 0.1) is 0 Å². The molecule has 2 aromatic carbocycles. The third kappa shape index (κ3) is 4.13. The van der Waals surface area contributed by atoms with Gasteiger partial charge in [-0.3, -0.25) is 9.36 Å². The lowest BCUT2D eigenvalue weighted by Crippen LogP contribution is -2.15. The molecule has 0 radical (unpaired) electrons. The highest BCUT2D eigenvalue weighted by atomic mass is 32.2. The molecule has 0 saturated carbocycles. The largest absolute Gasteiger partial charge is 0.497 e. The van der Waals surface area contributed by atoms with E-state index < -0.39 is 6.55 Å². The van der Waals surface area contributed by atoms with Gasteiger partial charge in [-0.05, 0) is 24.3 Å². The SMILES string of the molecule is COc1ccc(OC)c(NC(=O)CSc2nc3ccccc3n2C(F)F)c1. The van der Waals surface area contributed by atoms with Crippen LogP contribution in [0.3, 0.4) is 0 Å². The molecule has 6 nitrogen and oxygen atoms in total. The number of para-hydroxylation sites is 2. The van der Waals surface area contributed by atoms with E-state index in [9.17, 15) is 13.6 Å². The zero-order valence-corrected chi connectivity index (χ0v) is 15.4. The van der Waals surface area contributed by atoms with Crippen LogP contribution in [0.1, 0.15) is 6.55 Å². The number of fused-ring (bicyclic) bond motifs is 1. The number of anilines is 1. The van der Waals surface area contributed by atoms with Gasteiger partial charge in [0.15, 0.2) is 5.16 Å². The molecule has 3 aromatic rings. The van der Waals surface area contributed by atoms with E-state index >= 15 is 0 Å². The molecule has 0 unspecified atom stereocenters. The Morgan fingerprint density at radius 1 is 1.22 bits per heavy atom. The van der Waals surface area contributed by atoms with Crippen molar-refractivity contribution in [2.24, 2.45) is 0 Å². The molecule has 1 aromatic heterocycles. The Bertz CT molecular complexity index is 962. The molecule has 1 heterocycles. The van der Waals surface area contributed by atoms with Crippen molar-refractivity contribution < 1.29 is 23.0 Å². The fraction of sp³-hybridized carbons (Fsp3) is 0.222. The van der Waals surface area contributed by atoms with Gasteiger partial charge in [-0.25, -0.2) is 4.98 Å². The summed E-state index contributed by atoms with van der Waals surface area (Å²) in [6.45, 7) is -2.75. The van der Waals surface area contributed by atoms with Gasteiger partial charge in [0.2, 0.25) is 5.91 Å². The number of nitrogens with zero attached hydrogens (tertiary/aromatic N) is 2. The topological polar surface area (TPSA) is 65.4 Å². The lowest BCUT2D eigenvalue weighted by Gasteiger charge is -2.12. The van der Waals surface area contributed by atoms with Gasteiger partial charge in [0.25, 0.3) is 0 Å². The Morgan fingerprint density at radius 2 is 2.00 bits per heavy atom. The van der Waals surface area contributed by atoms with Crippen molar-refractivity contribution in [3.05, 3.63) is 42.5 Å². The van der Waals surface area contributed by atoms with Crippen LogP contribution in [-0.2, 0) is 4.79 Å². The number of hydrogen-bond donors (Lipinski definition) is 1. The molecule has 0 aliphatic carbocycles. The number of hydrogen-bond acceptors (Lipinski definition) is 5. The number of benzene rings is 2. The number of nitrogens with one attached hydrogen (secondary N) is 1. The van der Waals surface area contributed by atoms with E-state index in [1.807, 2.05) is 0 Å². The number of imidazole rings is 1. The first-order valence-electron chi connectivity index (χ1n) is 7.93. The molecule has 9 heteroatoms. The number of alkyl halides is 2. The van der Waals surface area contributed by atoms with Crippen LogP contribution in [0.5, 0.6) is 11.5 Å². The first-order valence-corrected chi connectivity index (χ1v) is 8.92. The molecule has 3 rings (SSSR count). The van der Waals surface area contributed by atoms with Crippen molar-refractivity contribution in [2.75, 3.05) is 25.3 Å². The summed E-state index contributed by atoms with van der Waals surface area (Å²) in [7, 11) is 3.00. The van der Waals surface area contributed by atoms with Crippen LogP contribution in [0.2, 0.25) is 0 Å². The number of aromatic nitrogens is 2. The standard InChI is InChI=1S/C18H17F2N3O3S/c1-25-11-7-8-15(26-2)13(9-11)21-16(24)10-27-18-22-12-5-3-4-6-14(12)23(18)17(19)20/h3-9,17H,10H2,1-2H3,(H,21,24). The minimum Gasteiger partial charge on any atom is -0.497 e. The Hall–Kier alpha value is -2.81. The maximum absolute atomic E-state index is 13.4. The summed E-state index contributed by atoms with van der Waals surface area (Å²) >= 11 is 0.940. The average molecular weight is 393 g/mol. The maximum atomic E-state index is 13.4. The average Bonchev–Trinajstić information content (AvgIpc) is 3.05. The number of rotatable bonds is 7. The third-order valence-corrected chi connectivity index (χ3v) is 4.72. The van der Waals surface area contributed by atoms with Gasteiger partial charge in [0, 0.05) is 6.07 Å². The molecular weight excluding hydrogens is 376 g/mol. The summed E-state index contributed by atoms with van der Waals surface area (Å²) in [5.74, 6) is 0.558. The lowest BCUT2D eigenvalue weighted by molar-refractivity contribution is -0.113. The first kappa shape index (κ1) is 19.0. The van der Waals surface area contributed by atoms with Crippen molar-refractivity contribution in [3.8, 4) is 11.5 Å². The molecule has 0 fully saturated rings. The highest BCUT2D eigenvalue weighted by Crippen LogP contribution is 2.31. The van der Waals surface area contributed by atoms with Gasteiger partial charge in [-0.15, -0.1) is 0 Å². The van der Waals surface area contributed by atoms with E-state index in [1.54, 1.807) is 42.5 Å². The van der Waals surface area contributed by atoms with E-state index in [-0.39, 0.29) is 16.8 Å². The minimum atomic E-state index is -2.75. The second-order valence-electron chi connectivity index (χ2n) is 5.43. The number of carbonyl (C=O) groups is 1. The first-order chi connectivity index (χ1) is 13.0. The van der Waals surface area contributed by atoms with Gasteiger partial charge < -0.3 is 14.8 Å². The number of halogens is 2. The van der Waals surface area contributed by atoms with E-state index in [4.69, 9.17) is 9.47 Å². The van der Waals surface area contributed by atoms with Gasteiger partial charge >= 0.3 is 6.55 Å². The van der Waals surface area contributed by atoms with E-state index in [0.717, 1.165) is 16.3 Å². The molecule has 0 atom stereocenters. The fourth-order valence-corrected chi connectivity index (χ4v) is 3.35. The van der Waals surface area contributed by atoms with E-state index in [2.05, 4.69) is 10.3 Å². The second kappa shape index (κ2) is 8.26. The third-order valence-electron chi connectivity index (χ3n) is 3.77. The van der Waals surface area contributed by atoms with E-state index in [0.29, 0.717) is 28.2 Å². The van der Waals surface area contributed by atoms with Crippen molar-refractivity contribution in [1.82, 2.24) is 9.55 Å². The van der Waals surface area contributed by atoms with Crippen LogP contribution >= 0.6 is 11.8 Å². The normalized spacial score (nSPS) is 11.0. The summed E-state index contributed by atoms with van der Waals surface area (Å²) in [5, 5.41) is 2.78. The quantitative estimate of drug-likeness (QED) is 0.610. The van der Waals surface area contributed by atoms with Crippen LogP contribution in [0.25, 0.3) is 11.0 Å². The molecule has 0 aliphatic heterocycles. The van der Waals surface area contributed by atoms with Crippen LogP contribution in [-0.4, -0.2) is 35.4 Å². The molecule has 142 valence electrons. The monoisotopic (exact) mass is 393 g/mol. The molecule has 0 aliphatic rings. The Morgan fingerprint density at radius 3 is 2.70 bits per heavy atom. The van der Waals surface area contributed by atoms with Crippen LogP contribution in [0.4, 0.5) is 14.5 Å². The zero-order chi connectivity index (χ0) is 19.4. The lowest BCUT2D eigenvalue weighted by atomic mass is 10.2. The molecule has 1 amide bonds. The number of ether oxygens (including phenoxy) is 2. The highest BCUT2D eigenvalue weighted by molar-refractivity contribution is 7.99. The van der Waals surface area contributed by atoms with Gasteiger partial charge in [-0.2, -0.15) is 8.78 Å².